The van der Waals surface area contributed by atoms with Crippen molar-refractivity contribution in [2.45, 2.75) is 19.4 Å². The van der Waals surface area contributed by atoms with Crippen molar-refractivity contribution < 1.29 is 4.74 Å². The van der Waals surface area contributed by atoms with Crippen LogP contribution in [0, 0.1) is 0 Å². The van der Waals surface area contributed by atoms with Gasteiger partial charge in [-0.15, -0.1) is 0 Å². The summed E-state index contributed by atoms with van der Waals surface area (Å²) in [5, 5.41) is 0. The van der Waals surface area contributed by atoms with Crippen LogP contribution in [0.4, 0.5) is 0 Å². The standard InChI is InChI=1S/C13H19NO/c1-11(15-2)9-13-6-3-5-12(10-13)7-4-8-14/h3-7,10-11H,8-9,14H2,1-2H3/b7-4+. The molecule has 0 amide bonds. The quantitative estimate of drug-likeness (QED) is 0.800. The van der Waals surface area contributed by atoms with Gasteiger partial charge < -0.3 is 10.5 Å². The van der Waals surface area contributed by atoms with E-state index in [9.17, 15) is 0 Å². The third-order valence-electron chi connectivity index (χ3n) is 2.32. The Bertz CT molecular complexity index is 320. The maximum absolute atomic E-state index is 5.41. The zero-order valence-corrected chi connectivity index (χ0v) is 9.44. The molecule has 0 fully saturated rings. The zero-order valence-electron chi connectivity index (χ0n) is 9.44. The molecule has 0 aliphatic heterocycles. The Balaban J connectivity index is 2.69. The highest BCUT2D eigenvalue weighted by molar-refractivity contribution is 5.50. The lowest BCUT2D eigenvalue weighted by Gasteiger charge is -2.09. The van der Waals surface area contributed by atoms with Crippen LogP contribution in [0.25, 0.3) is 6.08 Å². The Hall–Kier alpha value is -1.12. The lowest BCUT2D eigenvalue weighted by Crippen LogP contribution is -2.08. The molecule has 2 nitrogen and oxygen atoms in total. The molecule has 1 unspecified atom stereocenters. The second-order valence-electron chi connectivity index (χ2n) is 3.63. The first-order valence-corrected chi connectivity index (χ1v) is 5.24. The smallest absolute Gasteiger partial charge is 0.0583 e. The molecular formula is C13H19NO. The molecule has 0 radical (unpaired) electrons. The largest absolute Gasteiger partial charge is 0.381 e. The molecule has 0 aromatic heterocycles. The van der Waals surface area contributed by atoms with E-state index in [2.05, 4.69) is 31.2 Å². The first kappa shape index (κ1) is 12.0. The van der Waals surface area contributed by atoms with Gasteiger partial charge in [0, 0.05) is 13.7 Å². The van der Waals surface area contributed by atoms with Crippen molar-refractivity contribution in [1.29, 1.82) is 0 Å². The van der Waals surface area contributed by atoms with E-state index in [4.69, 9.17) is 10.5 Å². The maximum atomic E-state index is 5.41. The van der Waals surface area contributed by atoms with Crippen LogP contribution >= 0.6 is 0 Å². The Morgan fingerprint density at radius 3 is 2.93 bits per heavy atom. The lowest BCUT2D eigenvalue weighted by atomic mass is 10.1. The number of hydrogen-bond donors (Lipinski definition) is 1. The molecule has 1 rings (SSSR count). The van der Waals surface area contributed by atoms with Gasteiger partial charge >= 0.3 is 0 Å². The van der Waals surface area contributed by atoms with Gasteiger partial charge in [0.25, 0.3) is 0 Å². The van der Waals surface area contributed by atoms with Gasteiger partial charge in [-0.1, -0.05) is 36.4 Å². The van der Waals surface area contributed by atoms with Gasteiger partial charge in [-0.05, 0) is 24.5 Å². The second kappa shape index (κ2) is 6.38. The fourth-order valence-corrected chi connectivity index (χ4v) is 1.44. The molecule has 1 aromatic rings. The molecular weight excluding hydrogens is 186 g/mol. The molecule has 0 saturated heterocycles. The normalized spacial score (nSPS) is 13.3. The van der Waals surface area contributed by atoms with E-state index in [1.807, 2.05) is 12.2 Å². The fraction of sp³-hybridized carbons (Fsp3) is 0.385. The number of methoxy groups -OCH3 is 1. The van der Waals surface area contributed by atoms with Gasteiger partial charge in [0.1, 0.15) is 0 Å². The first-order chi connectivity index (χ1) is 7.26. The molecule has 0 aliphatic carbocycles. The van der Waals surface area contributed by atoms with Crippen LogP contribution in [-0.2, 0) is 11.2 Å². The van der Waals surface area contributed by atoms with Gasteiger partial charge in [-0.3, -0.25) is 0 Å². The molecule has 0 saturated carbocycles. The molecule has 1 atom stereocenters. The molecule has 2 heteroatoms. The number of benzene rings is 1. The van der Waals surface area contributed by atoms with Crippen LogP contribution in [0.2, 0.25) is 0 Å². The van der Waals surface area contributed by atoms with Crippen LogP contribution in [0.5, 0.6) is 0 Å². The van der Waals surface area contributed by atoms with Crippen LogP contribution in [0.15, 0.2) is 30.3 Å². The summed E-state index contributed by atoms with van der Waals surface area (Å²) in [6.45, 7) is 2.65. The Labute approximate surface area is 91.7 Å². The van der Waals surface area contributed by atoms with Crippen LogP contribution < -0.4 is 5.73 Å². The average Bonchev–Trinajstić information content (AvgIpc) is 2.26. The topological polar surface area (TPSA) is 35.2 Å². The predicted molar refractivity (Wildman–Crippen MR) is 64.7 cm³/mol. The van der Waals surface area contributed by atoms with E-state index < -0.39 is 0 Å². The predicted octanol–water partition coefficient (Wildman–Crippen LogP) is 2.24. The highest BCUT2D eigenvalue weighted by atomic mass is 16.5. The summed E-state index contributed by atoms with van der Waals surface area (Å²) in [6.07, 6.45) is 5.21. The third-order valence-corrected chi connectivity index (χ3v) is 2.32. The summed E-state index contributed by atoms with van der Waals surface area (Å²) in [5.41, 5.74) is 7.90. The van der Waals surface area contributed by atoms with Gasteiger partial charge in [-0.2, -0.15) is 0 Å². The Kier molecular flexibility index (Phi) is 5.08. The average molecular weight is 205 g/mol. The third kappa shape index (κ3) is 4.28. The highest BCUT2D eigenvalue weighted by Gasteiger charge is 2.01. The van der Waals surface area contributed by atoms with Crippen molar-refractivity contribution in [1.82, 2.24) is 0 Å². The summed E-state index contributed by atoms with van der Waals surface area (Å²) in [7, 11) is 1.74. The van der Waals surface area contributed by atoms with Crippen molar-refractivity contribution in [3.05, 3.63) is 41.5 Å². The van der Waals surface area contributed by atoms with Gasteiger partial charge in [0.05, 0.1) is 6.10 Å². The minimum atomic E-state index is 0.263. The number of rotatable bonds is 5. The van der Waals surface area contributed by atoms with Crippen LogP contribution in [-0.4, -0.2) is 19.8 Å². The summed E-state index contributed by atoms with van der Waals surface area (Å²) in [6, 6.07) is 8.43. The number of hydrogen-bond acceptors (Lipinski definition) is 2. The molecule has 82 valence electrons. The van der Waals surface area contributed by atoms with E-state index in [0.717, 1.165) is 6.42 Å². The van der Waals surface area contributed by atoms with Crippen LogP contribution in [0.3, 0.4) is 0 Å². The number of nitrogens with two attached hydrogens (primary N) is 1. The minimum Gasteiger partial charge on any atom is -0.381 e. The monoisotopic (exact) mass is 205 g/mol. The molecule has 0 bridgehead atoms. The van der Waals surface area contributed by atoms with Crippen molar-refractivity contribution >= 4 is 6.08 Å². The molecule has 0 spiro atoms. The summed E-state index contributed by atoms with van der Waals surface area (Å²) in [5.74, 6) is 0. The lowest BCUT2D eigenvalue weighted by molar-refractivity contribution is 0.119. The summed E-state index contributed by atoms with van der Waals surface area (Å²) in [4.78, 5) is 0. The van der Waals surface area contributed by atoms with E-state index in [1.165, 1.54) is 11.1 Å². The molecule has 15 heavy (non-hydrogen) atoms. The number of ether oxygens (including phenoxy) is 1. The fourth-order valence-electron chi connectivity index (χ4n) is 1.44. The zero-order chi connectivity index (χ0) is 11.1. The molecule has 2 N–H and O–H groups in total. The van der Waals surface area contributed by atoms with E-state index in [-0.39, 0.29) is 6.10 Å². The minimum absolute atomic E-state index is 0.263. The van der Waals surface area contributed by atoms with Crippen molar-refractivity contribution in [3.8, 4) is 0 Å². The molecule has 0 heterocycles. The van der Waals surface area contributed by atoms with Gasteiger partial charge in [0.15, 0.2) is 0 Å². The molecule has 0 aliphatic rings. The van der Waals surface area contributed by atoms with E-state index >= 15 is 0 Å². The van der Waals surface area contributed by atoms with Crippen LogP contribution in [0.1, 0.15) is 18.1 Å². The van der Waals surface area contributed by atoms with Crippen molar-refractivity contribution in [2.24, 2.45) is 5.73 Å². The SMILES string of the molecule is COC(C)Cc1cccc(/C=C/CN)c1. The summed E-state index contributed by atoms with van der Waals surface area (Å²) < 4.78 is 5.24. The Morgan fingerprint density at radius 2 is 2.27 bits per heavy atom. The van der Waals surface area contributed by atoms with Gasteiger partial charge in [0.2, 0.25) is 0 Å². The van der Waals surface area contributed by atoms with E-state index in [1.54, 1.807) is 7.11 Å². The highest BCUT2D eigenvalue weighted by Crippen LogP contribution is 2.10. The maximum Gasteiger partial charge on any atom is 0.0583 e. The van der Waals surface area contributed by atoms with Crippen molar-refractivity contribution in [2.75, 3.05) is 13.7 Å². The Morgan fingerprint density at radius 1 is 1.47 bits per heavy atom. The first-order valence-electron chi connectivity index (χ1n) is 5.24. The molecule has 1 aromatic carbocycles. The van der Waals surface area contributed by atoms with Crippen molar-refractivity contribution in [3.63, 3.8) is 0 Å². The van der Waals surface area contributed by atoms with E-state index in [0.29, 0.717) is 6.54 Å². The second-order valence-corrected chi connectivity index (χ2v) is 3.63. The van der Waals surface area contributed by atoms with Gasteiger partial charge in [-0.25, -0.2) is 0 Å². The summed E-state index contributed by atoms with van der Waals surface area (Å²) >= 11 is 0.